The summed E-state index contributed by atoms with van der Waals surface area (Å²) >= 11 is 3.38. The predicted octanol–water partition coefficient (Wildman–Crippen LogP) is 2.05. The first-order valence-electron chi connectivity index (χ1n) is 4.78. The SMILES string of the molecule is O=S1(=O)CC[C@H](Nc2cccc(Br)c2)C1. The highest BCUT2D eigenvalue weighted by atomic mass is 79.9. The van der Waals surface area contributed by atoms with Gasteiger partial charge in [-0.25, -0.2) is 8.42 Å². The minimum Gasteiger partial charge on any atom is -0.381 e. The van der Waals surface area contributed by atoms with Crippen LogP contribution in [0.4, 0.5) is 5.69 Å². The summed E-state index contributed by atoms with van der Waals surface area (Å²) in [5.74, 6) is 0.554. The maximum atomic E-state index is 11.2. The van der Waals surface area contributed by atoms with E-state index in [2.05, 4.69) is 21.2 Å². The molecule has 5 heteroatoms. The van der Waals surface area contributed by atoms with Crippen LogP contribution in [0.15, 0.2) is 28.7 Å². The van der Waals surface area contributed by atoms with Crippen LogP contribution in [0, 0.1) is 0 Å². The number of hydrogen-bond donors (Lipinski definition) is 1. The molecular formula is C10H12BrNO2S. The second-order valence-electron chi connectivity index (χ2n) is 3.75. The van der Waals surface area contributed by atoms with Gasteiger partial charge < -0.3 is 5.32 Å². The molecule has 0 spiro atoms. The summed E-state index contributed by atoms with van der Waals surface area (Å²) < 4.78 is 23.5. The zero-order valence-electron chi connectivity index (χ0n) is 8.11. The summed E-state index contributed by atoms with van der Waals surface area (Å²) in [6, 6.07) is 7.82. The van der Waals surface area contributed by atoms with Crippen molar-refractivity contribution >= 4 is 31.5 Å². The Morgan fingerprint density at radius 1 is 1.40 bits per heavy atom. The van der Waals surface area contributed by atoms with Gasteiger partial charge in [0.15, 0.2) is 9.84 Å². The topological polar surface area (TPSA) is 46.2 Å². The summed E-state index contributed by atoms with van der Waals surface area (Å²) in [5, 5.41) is 3.23. The van der Waals surface area contributed by atoms with E-state index in [-0.39, 0.29) is 11.8 Å². The van der Waals surface area contributed by atoms with Crippen LogP contribution in [-0.4, -0.2) is 26.0 Å². The summed E-state index contributed by atoms with van der Waals surface area (Å²) in [6.45, 7) is 0. The van der Waals surface area contributed by atoms with Gasteiger partial charge in [0.1, 0.15) is 0 Å². The van der Waals surface area contributed by atoms with Crippen LogP contribution in [-0.2, 0) is 9.84 Å². The lowest BCUT2D eigenvalue weighted by Gasteiger charge is -2.12. The summed E-state index contributed by atoms with van der Waals surface area (Å²) in [5.41, 5.74) is 0.964. The van der Waals surface area contributed by atoms with E-state index in [0.29, 0.717) is 12.2 Å². The van der Waals surface area contributed by atoms with E-state index < -0.39 is 9.84 Å². The Morgan fingerprint density at radius 2 is 2.20 bits per heavy atom. The maximum Gasteiger partial charge on any atom is 0.152 e. The van der Waals surface area contributed by atoms with E-state index in [9.17, 15) is 8.42 Å². The summed E-state index contributed by atoms with van der Waals surface area (Å²) in [4.78, 5) is 0. The van der Waals surface area contributed by atoms with Crippen LogP contribution in [0.25, 0.3) is 0 Å². The van der Waals surface area contributed by atoms with Crippen molar-refractivity contribution in [1.29, 1.82) is 0 Å². The Labute approximate surface area is 97.9 Å². The van der Waals surface area contributed by atoms with Crippen LogP contribution in [0.5, 0.6) is 0 Å². The first kappa shape index (κ1) is 11.0. The van der Waals surface area contributed by atoms with Gasteiger partial charge in [-0.2, -0.15) is 0 Å². The normalized spacial score (nSPS) is 23.9. The van der Waals surface area contributed by atoms with E-state index >= 15 is 0 Å². The zero-order chi connectivity index (χ0) is 10.9. The average Bonchev–Trinajstić information content (AvgIpc) is 2.45. The third-order valence-electron chi connectivity index (χ3n) is 2.43. The van der Waals surface area contributed by atoms with E-state index in [0.717, 1.165) is 10.2 Å². The lowest BCUT2D eigenvalue weighted by atomic mass is 10.2. The molecule has 1 heterocycles. The Bertz CT molecular complexity index is 458. The molecule has 0 aliphatic carbocycles. The lowest BCUT2D eigenvalue weighted by Crippen LogP contribution is -2.20. The van der Waals surface area contributed by atoms with Crippen LogP contribution in [0.1, 0.15) is 6.42 Å². The van der Waals surface area contributed by atoms with Gasteiger partial charge in [-0.05, 0) is 24.6 Å². The minimum atomic E-state index is -2.80. The quantitative estimate of drug-likeness (QED) is 0.906. The van der Waals surface area contributed by atoms with Crippen molar-refractivity contribution in [3.63, 3.8) is 0 Å². The monoisotopic (exact) mass is 289 g/mol. The molecule has 0 aromatic heterocycles. The molecule has 82 valence electrons. The molecule has 3 nitrogen and oxygen atoms in total. The largest absolute Gasteiger partial charge is 0.381 e. The van der Waals surface area contributed by atoms with Crippen molar-refractivity contribution in [2.75, 3.05) is 16.8 Å². The van der Waals surface area contributed by atoms with Gasteiger partial charge in [0.2, 0.25) is 0 Å². The standard InChI is InChI=1S/C10H12BrNO2S/c11-8-2-1-3-9(6-8)12-10-4-5-15(13,14)7-10/h1-3,6,10,12H,4-5,7H2/t10-/m0/s1. The van der Waals surface area contributed by atoms with Gasteiger partial charge in [0.05, 0.1) is 11.5 Å². The Hall–Kier alpha value is -0.550. The van der Waals surface area contributed by atoms with E-state index in [4.69, 9.17) is 0 Å². The smallest absolute Gasteiger partial charge is 0.152 e. The van der Waals surface area contributed by atoms with Crippen molar-refractivity contribution in [1.82, 2.24) is 0 Å². The van der Waals surface area contributed by atoms with Gasteiger partial charge in [0.25, 0.3) is 0 Å². The Kier molecular flexibility index (Phi) is 3.02. The fourth-order valence-electron chi connectivity index (χ4n) is 1.72. The predicted molar refractivity (Wildman–Crippen MR) is 64.8 cm³/mol. The number of halogens is 1. The second kappa shape index (κ2) is 4.14. The van der Waals surface area contributed by atoms with Gasteiger partial charge in [-0.15, -0.1) is 0 Å². The summed E-state index contributed by atoms with van der Waals surface area (Å²) in [6.07, 6.45) is 0.703. The number of benzene rings is 1. The highest BCUT2D eigenvalue weighted by Crippen LogP contribution is 2.20. The molecule has 1 atom stereocenters. The van der Waals surface area contributed by atoms with Crippen LogP contribution in [0.3, 0.4) is 0 Å². The molecule has 0 amide bonds. The zero-order valence-corrected chi connectivity index (χ0v) is 10.5. The van der Waals surface area contributed by atoms with Gasteiger partial charge in [-0.3, -0.25) is 0 Å². The van der Waals surface area contributed by atoms with E-state index in [1.54, 1.807) is 0 Å². The molecule has 1 fully saturated rings. The first-order chi connectivity index (χ1) is 7.05. The van der Waals surface area contributed by atoms with Crippen LogP contribution in [0.2, 0.25) is 0 Å². The number of anilines is 1. The molecule has 1 N–H and O–H groups in total. The molecule has 15 heavy (non-hydrogen) atoms. The van der Waals surface area contributed by atoms with Crippen LogP contribution < -0.4 is 5.32 Å². The summed E-state index contributed by atoms with van der Waals surface area (Å²) in [7, 11) is -2.80. The van der Waals surface area contributed by atoms with Gasteiger partial charge >= 0.3 is 0 Å². The molecule has 0 bridgehead atoms. The maximum absolute atomic E-state index is 11.2. The van der Waals surface area contributed by atoms with Crippen molar-refractivity contribution in [2.45, 2.75) is 12.5 Å². The van der Waals surface area contributed by atoms with Gasteiger partial charge in [-0.1, -0.05) is 22.0 Å². The Balaban J connectivity index is 2.05. The van der Waals surface area contributed by atoms with E-state index in [1.807, 2.05) is 24.3 Å². The molecule has 1 aliphatic rings. The molecule has 1 aromatic carbocycles. The van der Waals surface area contributed by atoms with Crippen molar-refractivity contribution in [3.8, 4) is 0 Å². The number of rotatable bonds is 2. The highest BCUT2D eigenvalue weighted by molar-refractivity contribution is 9.10. The van der Waals surface area contributed by atoms with Gasteiger partial charge in [0, 0.05) is 16.2 Å². The number of hydrogen-bond acceptors (Lipinski definition) is 3. The third kappa shape index (κ3) is 2.95. The number of nitrogens with one attached hydrogen (secondary N) is 1. The molecule has 1 aromatic rings. The third-order valence-corrected chi connectivity index (χ3v) is 4.69. The fraction of sp³-hybridized carbons (Fsp3) is 0.400. The second-order valence-corrected chi connectivity index (χ2v) is 6.90. The minimum absolute atomic E-state index is 0.0595. The molecule has 1 saturated heterocycles. The average molecular weight is 290 g/mol. The van der Waals surface area contributed by atoms with Crippen LogP contribution >= 0.6 is 15.9 Å². The molecule has 0 unspecified atom stereocenters. The highest BCUT2D eigenvalue weighted by Gasteiger charge is 2.27. The molecule has 0 saturated carbocycles. The first-order valence-corrected chi connectivity index (χ1v) is 7.39. The Morgan fingerprint density at radius 3 is 2.80 bits per heavy atom. The van der Waals surface area contributed by atoms with Crippen molar-refractivity contribution < 1.29 is 8.42 Å². The van der Waals surface area contributed by atoms with Crippen molar-refractivity contribution in [2.24, 2.45) is 0 Å². The van der Waals surface area contributed by atoms with Crippen molar-refractivity contribution in [3.05, 3.63) is 28.7 Å². The fourth-order valence-corrected chi connectivity index (χ4v) is 3.80. The lowest BCUT2D eigenvalue weighted by molar-refractivity contribution is 0.602. The molecular weight excluding hydrogens is 278 g/mol. The van der Waals surface area contributed by atoms with E-state index in [1.165, 1.54) is 0 Å². The number of sulfone groups is 1. The molecule has 2 rings (SSSR count). The molecule has 1 aliphatic heterocycles. The molecule has 0 radical (unpaired) electrons.